The summed E-state index contributed by atoms with van der Waals surface area (Å²) in [6, 6.07) is 32.3. The highest BCUT2D eigenvalue weighted by Gasteiger charge is 2.52. The smallest absolute Gasteiger partial charge is 0.221 e. The second-order valence-electron chi connectivity index (χ2n) is 7.80. The molecule has 0 fully saturated rings. The first-order chi connectivity index (χ1) is 14.2. The third kappa shape index (κ3) is 1.93. The van der Waals surface area contributed by atoms with Gasteiger partial charge in [-0.2, -0.15) is 0 Å². The average Bonchev–Trinajstić information content (AvgIpc) is 3.22. The van der Waals surface area contributed by atoms with Gasteiger partial charge in [0.15, 0.2) is 0 Å². The van der Waals surface area contributed by atoms with Crippen molar-refractivity contribution < 1.29 is 4.79 Å². The van der Waals surface area contributed by atoms with E-state index in [-0.39, 0.29) is 5.91 Å². The second-order valence-corrected chi connectivity index (χ2v) is 7.80. The Morgan fingerprint density at radius 3 is 1.59 bits per heavy atom. The maximum atomic E-state index is 12.1. The molecule has 138 valence electrons. The molecular formula is C27H19NO. The fraction of sp³-hybridized carbons (Fsp3) is 0.0741. The van der Waals surface area contributed by atoms with Crippen molar-refractivity contribution in [1.82, 2.24) is 0 Å². The molecule has 29 heavy (non-hydrogen) atoms. The fourth-order valence-corrected chi connectivity index (χ4v) is 5.45. The number of hydrogen-bond donors (Lipinski definition) is 1. The van der Waals surface area contributed by atoms with E-state index in [2.05, 4.69) is 84.2 Å². The molecule has 1 N–H and O–H groups in total. The average molecular weight is 373 g/mol. The number of rotatable bonds is 1. The highest BCUT2D eigenvalue weighted by atomic mass is 16.1. The first-order valence-electron chi connectivity index (χ1n) is 9.93. The normalized spacial score (nSPS) is 14.1. The van der Waals surface area contributed by atoms with Crippen LogP contribution in [-0.4, -0.2) is 5.91 Å². The zero-order valence-corrected chi connectivity index (χ0v) is 16.1. The lowest BCUT2D eigenvalue weighted by molar-refractivity contribution is -0.114. The van der Waals surface area contributed by atoms with Crippen LogP contribution < -0.4 is 5.32 Å². The van der Waals surface area contributed by atoms with Crippen LogP contribution in [0.4, 0.5) is 5.69 Å². The number of anilines is 1. The van der Waals surface area contributed by atoms with Gasteiger partial charge in [-0.25, -0.2) is 0 Å². The molecule has 1 amide bonds. The van der Waals surface area contributed by atoms with Crippen molar-refractivity contribution >= 4 is 11.6 Å². The lowest BCUT2D eigenvalue weighted by Crippen LogP contribution is -2.27. The van der Waals surface area contributed by atoms with Crippen LogP contribution in [0.1, 0.15) is 29.2 Å². The first kappa shape index (κ1) is 16.3. The lowest BCUT2D eigenvalue weighted by atomic mass is 9.70. The van der Waals surface area contributed by atoms with Crippen LogP contribution in [0, 0.1) is 0 Å². The van der Waals surface area contributed by atoms with E-state index in [1.54, 1.807) is 6.92 Å². The van der Waals surface area contributed by atoms with Crippen LogP contribution in [0.3, 0.4) is 0 Å². The first-order valence-corrected chi connectivity index (χ1v) is 9.93. The van der Waals surface area contributed by atoms with E-state index >= 15 is 0 Å². The fourth-order valence-electron chi connectivity index (χ4n) is 5.45. The van der Waals surface area contributed by atoms with E-state index < -0.39 is 5.41 Å². The van der Waals surface area contributed by atoms with E-state index in [1.807, 2.05) is 12.1 Å². The minimum Gasteiger partial charge on any atom is -0.326 e. The summed E-state index contributed by atoms with van der Waals surface area (Å²) < 4.78 is 0. The van der Waals surface area contributed by atoms with E-state index in [9.17, 15) is 4.79 Å². The van der Waals surface area contributed by atoms with Crippen LogP contribution in [0.15, 0.2) is 91.0 Å². The Kier molecular flexibility index (Phi) is 3.20. The molecule has 2 nitrogen and oxygen atoms in total. The van der Waals surface area contributed by atoms with E-state index in [1.165, 1.54) is 44.5 Å². The molecule has 0 aliphatic heterocycles. The molecule has 2 aliphatic rings. The van der Waals surface area contributed by atoms with Gasteiger partial charge in [-0.3, -0.25) is 4.79 Å². The van der Waals surface area contributed by atoms with Crippen LogP contribution >= 0.6 is 0 Å². The minimum absolute atomic E-state index is 0.0518. The van der Waals surface area contributed by atoms with Gasteiger partial charge in [-0.1, -0.05) is 84.9 Å². The van der Waals surface area contributed by atoms with Crippen molar-refractivity contribution in [2.24, 2.45) is 0 Å². The van der Waals surface area contributed by atoms with Crippen molar-refractivity contribution in [3.63, 3.8) is 0 Å². The Balaban J connectivity index is 1.84. The number of carbonyl (C=O) groups excluding carboxylic acids is 1. The Bertz CT molecular complexity index is 1250. The van der Waals surface area contributed by atoms with Gasteiger partial charge in [0.05, 0.1) is 5.41 Å². The largest absolute Gasteiger partial charge is 0.326 e. The van der Waals surface area contributed by atoms with Crippen LogP contribution in [0.5, 0.6) is 0 Å². The standard InChI is InChI=1S/C27H19NO/c1-17(29)28-25-16-8-12-21-20-11-4-7-15-24(20)27(26(21)25)22-13-5-2-9-18(22)19-10-3-6-14-23(19)27/h2-16H,1H3,(H,28,29). The molecule has 0 aromatic heterocycles. The van der Waals surface area contributed by atoms with E-state index in [4.69, 9.17) is 0 Å². The Morgan fingerprint density at radius 1 is 0.621 bits per heavy atom. The van der Waals surface area contributed by atoms with Crippen LogP contribution in [0.2, 0.25) is 0 Å². The molecule has 2 heteroatoms. The molecule has 0 unspecified atom stereocenters. The number of amides is 1. The number of fused-ring (bicyclic) bond motifs is 10. The molecule has 0 radical (unpaired) electrons. The molecule has 4 aromatic rings. The number of carbonyl (C=O) groups is 1. The van der Waals surface area contributed by atoms with Gasteiger partial charge < -0.3 is 5.32 Å². The van der Waals surface area contributed by atoms with Gasteiger partial charge in [0, 0.05) is 18.2 Å². The SMILES string of the molecule is CC(=O)Nc1cccc2c1C1(c3ccccc3-c3ccccc31)c1ccccc1-2. The Hall–Kier alpha value is -3.65. The third-order valence-corrected chi connectivity index (χ3v) is 6.32. The van der Waals surface area contributed by atoms with Gasteiger partial charge in [0.1, 0.15) is 0 Å². The summed E-state index contributed by atoms with van der Waals surface area (Å²) in [5.74, 6) is -0.0518. The predicted octanol–water partition coefficient (Wildman–Crippen LogP) is 5.99. The number of hydrogen-bond acceptors (Lipinski definition) is 1. The van der Waals surface area contributed by atoms with Crippen molar-refractivity contribution in [1.29, 1.82) is 0 Å². The molecule has 4 aromatic carbocycles. The van der Waals surface area contributed by atoms with Crippen LogP contribution in [-0.2, 0) is 10.2 Å². The number of nitrogens with one attached hydrogen (secondary N) is 1. The summed E-state index contributed by atoms with van der Waals surface area (Å²) in [6.07, 6.45) is 0. The van der Waals surface area contributed by atoms with Crippen molar-refractivity contribution in [2.75, 3.05) is 5.32 Å². The van der Waals surface area contributed by atoms with Crippen molar-refractivity contribution in [3.8, 4) is 22.3 Å². The molecule has 0 saturated carbocycles. The highest BCUT2D eigenvalue weighted by molar-refractivity contribution is 6.00. The van der Waals surface area contributed by atoms with Gasteiger partial charge in [0.2, 0.25) is 5.91 Å². The molecule has 0 heterocycles. The lowest BCUT2D eigenvalue weighted by Gasteiger charge is -2.32. The van der Waals surface area contributed by atoms with Crippen LogP contribution in [0.25, 0.3) is 22.3 Å². The quantitative estimate of drug-likeness (QED) is 0.377. The summed E-state index contributed by atoms with van der Waals surface area (Å²) >= 11 is 0. The summed E-state index contributed by atoms with van der Waals surface area (Å²) in [5.41, 5.74) is 10.5. The van der Waals surface area contributed by atoms with Gasteiger partial charge in [0.25, 0.3) is 0 Å². The Morgan fingerprint density at radius 2 is 1.07 bits per heavy atom. The maximum Gasteiger partial charge on any atom is 0.221 e. The summed E-state index contributed by atoms with van der Waals surface area (Å²) in [6.45, 7) is 1.57. The van der Waals surface area contributed by atoms with Crippen molar-refractivity contribution in [3.05, 3.63) is 113 Å². The highest BCUT2D eigenvalue weighted by Crippen LogP contribution is 2.64. The molecule has 0 saturated heterocycles. The van der Waals surface area contributed by atoms with E-state index in [0.29, 0.717) is 0 Å². The zero-order chi connectivity index (χ0) is 19.6. The predicted molar refractivity (Wildman–Crippen MR) is 117 cm³/mol. The zero-order valence-electron chi connectivity index (χ0n) is 16.1. The molecule has 1 spiro atoms. The Labute approximate surface area is 169 Å². The minimum atomic E-state index is -0.418. The summed E-state index contributed by atoms with van der Waals surface area (Å²) in [7, 11) is 0. The molecule has 0 atom stereocenters. The van der Waals surface area contributed by atoms with Gasteiger partial charge in [-0.15, -0.1) is 0 Å². The van der Waals surface area contributed by atoms with Gasteiger partial charge >= 0.3 is 0 Å². The topological polar surface area (TPSA) is 29.1 Å². The monoisotopic (exact) mass is 373 g/mol. The van der Waals surface area contributed by atoms with E-state index in [0.717, 1.165) is 5.69 Å². The second kappa shape index (κ2) is 5.68. The maximum absolute atomic E-state index is 12.1. The molecule has 2 aliphatic carbocycles. The summed E-state index contributed by atoms with van der Waals surface area (Å²) in [5, 5.41) is 3.11. The van der Waals surface area contributed by atoms with Crippen molar-refractivity contribution in [2.45, 2.75) is 12.3 Å². The molecule has 6 rings (SSSR count). The molecule has 0 bridgehead atoms. The third-order valence-electron chi connectivity index (χ3n) is 6.32. The number of benzene rings is 4. The summed E-state index contributed by atoms with van der Waals surface area (Å²) in [4.78, 5) is 12.1. The molecular weight excluding hydrogens is 354 g/mol. The van der Waals surface area contributed by atoms with Gasteiger partial charge in [-0.05, 0) is 45.0 Å².